The highest BCUT2D eigenvalue weighted by molar-refractivity contribution is 6.31. The van der Waals surface area contributed by atoms with Crippen molar-refractivity contribution >= 4 is 46.2 Å². The largest absolute Gasteiger partial charge is 0.294 e. The number of hydrogen-bond donors (Lipinski definition) is 0. The van der Waals surface area contributed by atoms with Crippen LogP contribution in [0.5, 0.6) is 0 Å². The van der Waals surface area contributed by atoms with E-state index in [0.717, 1.165) is 32.5 Å². The molecule has 1 aromatic heterocycles. The summed E-state index contributed by atoms with van der Waals surface area (Å²) in [6, 6.07) is 11.6. The Labute approximate surface area is 155 Å². The van der Waals surface area contributed by atoms with Crippen LogP contribution in [0.15, 0.2) is 53.4 Å². The van der Waals surface area contributed by atoms with Crippen LogP contribution in [0.1, 0.15) is 11.1 Å². The van der Waals surface area contributed by atoms with E-state index in [2.05, 4.69) is 10.3 Å². The molecule has 1 aliphatic heterocycles. The summed E-state index contributed by atoms with van der Waals surface area (Å²) < 4.78 is 5.00. The van der Waals surface area contributed by atoms with Gasteiger partial charge < -0.3 is 0 Å². The molecule has 0 amide bonds. The Hall–Kier alpha value is -2.50. The summed E-state index contributed by atoms with van der Waals surface area (Å²) in [5.41, 5.74) is 3.84. The molecule has 3 aromatic rings. The van der Waals surface area contributed by atoms with Crippen molar-refractivity contribution in [2.24, 2.45) is 0 Å². The van der Waals surface area contributed by atoms with E-state index >= 15 is 0 Å². The molecule has 126 valence electrons. The highest BCUT2D eigenvalue weighted by Crippen LogP contribution is 2.40. The molecule has 1 aliphatic rings. The molecule has 25 heavy (non-hydrogen) atoms. The average molecular weight is 373 g/mol. The molecule has 2 aromatic carbocycles. The minimum absolute atomic E-state index is 0.608. The van der Waals surface area contributed by atoms with E-state index in [1.54, 1.807) is 0 Å². The summed E-state index contributed by atoms with van der Waals surface area (Å²) in [6.07, 6.45) is 3.83. The molecule has 5 nitrogen and oxygen atoms in total. The Morgan fingerprint density at radius 1 is 0.760 bits per heavy atom. The highest BCUT2D eigenvalue weighted by atomic mass is 35.5. The maximum atomic E-state index is 6.13. The van der Waals surface area contributed by atoms with E-state index in [9.17, 15) is 0 Å². The monoisotopic (exact) mass is 372 g/mol. The third-order valence-corrected chi connectivity index (χ3v) is 4.96. The highest BCUT2D eigenvalue weighted by Gasteiger charge is 2.27. The third-order valence-electron chi connectivity index (χ3n) is 4.12. The molecule has 0 radical (unpaired) electrons. The van der Waals surface area contributed by atoms with Crippen molar-refractivity contribution in [3.63, 3.8) is 0 Å². The Bertz CT molecular complexity index is 907. The zero-order valence-electron chi connectivity index (χ0n) is 13.6. The number of aryl methyl sites for hydroxylation is 2. The Morgan fingerprint density at radius 2 is 1.20 bits per heavy atom. The summed E-state index contributed by atoms with van der Waals surface area (Å²) in [7, 11) is 0. The van der Waals surface area contributed by atoms with Gasteiger partial charge in [0.05, 0.1) is 0 Å². The van der Waals surface area contributed by atoms with Crippen LogP contribution in [0.25, 0.3) is 0 Å². The van der Waals surface area contributed by atoms with E-state index < -0.39 is 0 Å². The zero-order valence-corrected chi connectivity index (χ0v) is 15.1. The second-order valence-electron chi connectivity index (χ2n) is 5.82. The molecule has 2 heterocycles. The van der Waals surface area contributed by atoms with Gasteiger partial charge in [-0.2, -0.15) is 0 Å². The predicted molar refractivity (Wildman–Crippen MR) is 100 cm³/mol. The number of hydrogen-bond acceptors (Lipinski definition) is 5. The van der Waals surface area contributed by atoms with Gasteiger partial charge in [-0.3, -0.25) is 9.80 Å². The topological polar surface area (TPSA) is 45.4 Å². The first-order chi connectivity index (χ1) is 12.0. The maximum Gasteiger partial charge on any atom is 0.227 e. The summed E-state index contributed by atoms with van der Waals surface area (Å²) in [6.45, 7) is 3.93. The molecule has 0 saturated carbocycles. The van der Waals surface area contributed by atoms with E-state index in [0.29, 0.717) is 11.6 Å². The Kier molecular flexibility index (Phi) is 3.90. The van der Waals surface area contributed by atoms with Crippen molar-refractivity contribution in [3.8, 4) is 0 Å². The number of rotatable bonds is 2. The number of halogens is 2. The molecule has 0 atom stereocenters. The molecule has 0 spiro atoms. The molecule has 0 unspecified atom stereocenters. The van der Waals surface area contributed by atoms with Gasteiger partial charge in [0, 0.05) is 33.8 Å². The molecular weight excluding hydrogens is 359 g/mol. The van der Waals surface area contributed by atoms with E-state index in [1.807, 2.05) is 72.4 Å². The van der Waals surface area contributed by atoms with Gasteiger partial charge in [0.25, 0.3) is 0 Å². The van der Waals surface area contributed by atoms with Gasteiger partial charge in [-0.15, -0.1) is 0 Å². The molecule has 0 bridgehead atoms. The van der Waals surface area contributed by atoms with E-state index in [1.165, 1.54) is 0 Å². The Morgan fingerprint density at radius 3 is 1.60 bits per heavy atom. The standard InChI is InChI=1S/C18H14Cl2N4O/c1-11-9-13(3-5-15(11)19)23-7-8-24(18-17(23)21-25-22-18)14-4-6-16(20)12(2)10-14/h3-10H,1-2H3. The summed E-state index contributed by atoms with van der Waals surface area (Å²) >= 11 is 12.3. The fourth-order valence-corrected chi connectivity index (χ4v) is 2.97. The normalized spacial score (nSPS) is 13.3. The SMILES string of the molecule is Cc1cc(N2C=CN(c3ccc(Cl)c(C)c3)c3nonc32)ccc1Cl. The first kappa shape index (κ1) is 16.0. The van der Waals surface area contributed by atoms with Crippen LogP contribution in [0.2, 0.25) is 10.0 Å². The lowest BCUT2D eigenvalue weighted by Gasteiger charge is -2.28. The smallest absolute Gasteiger partial charge is 0.227 e. The number of aromatic nitrogens is 2. The quantitative estimate of drug-likeness (QED) is 0.572. The minimum Gasteiger partial charge on any atom is -0.294 e. The summed E-state index contributed by atoms with van der Waals surface area (Å²) in [4.78, 5) is 3.82. The lowest BCUT2D eigenvalue weighted by atomic mass is 10.2. The van der Waals surface area contributed by atoms with Gasteiger partial charge in [-0.1, -0.05) is 23.2 Å². The van der Waals surface area contributed by atoms with Crippen LogP contribution >= 0.6 is 23.2 Å². The lowest BCUT2D eigenvalue weighted by Crippen LogP contribution is -2.21. The fraction of sp³-hybridized carbons (Fsp3) is 0.111. The van der Waals surface area contributed by atoms with Gasteiger partial charge in [-0.25, -0.2) is 4.63 Å². The van der Waals surface area contributed by atoms with Crippen molar-refractivity contribution in [2.45, 2.75) is 13.8 Å². The van der Waals surface area contributed by atoms with Crippen LogP contribution in [-0.4, -0.2) is 10.3 Å². The van der Waals surface area contributed by atoms with Gasteiger partial charge >= 0.3 is 0 Å². The predicted octanol–water partition coefficient (Wildman–Crippen LogP) is 5.75. The maximum absolute atomic E-state index is 6.13. The van der Waals surface area contributed by atoms with Crippen molar-refractivity contribution in [2.75, 3.05) is 9.80 Å². The van der Waals surface area contributed by atoms with Crippen molar-refractivity contribution in [1.82, 2.24) is 10.3 Å². The van der Waals surface area contributed by atoms with Gasteiger partial charge in [-0.05, 0) is 71.7 Å². The number of benzene rings is 2. The fourth-order valence-electron chi connectivity index (χ4n) is 2.73. The first-order valence-electron chi connectivity index (χ1n) is 7.66. The molecule has 4 rings (SSSR count). The summed E-state index contributed by atoms with van der Waals surface area (Å²) in [5, 5.41) is 9.59. The molecule has 7 heteroatoms. The van der Waals surface area contributed by atoms with Crippen molar-refractivity contribution in [3.05, 3.63) is 70.0 Å². The van der Waals surface area contributed by atoms with Gasteiger partial charge in [0.2, 0.25) is 11.6 Å². The average Bonchev–Trinajstić information content (AvgIpc) is 3.09. The number of fused-ring (bicyclic) bond motifs is 1. The molecule has 0 aliphatic carbocycles. The van der Waals surface area contributed by atoms with Crippen LogP contribution in [0, 0.1) is 13.8 Å². The van der Waals surface area contributed by atoms with E-state index in [-0.39, 0.29) is 0 Å². The van der Waals surface area contributed by atoms with Crippen molar-refractivity contribution < 1.29 is 4.63 Å². The second kappa shape index (κ2) is 6.10. The molecular formula is C18H14Cl2N4O. The van der Waals surface area contributed by atoms with Crippen LogP contribution < -0.4 is 9.80 Å². The zero-order chi connectivity index (χ0) is 17.6. The molecule has 0 N–H and O–H groups in total. The lowest BCUT2D eigenvalue weighted by molar-refractivity contribution is 0.309. The van der Waals surface area contributed by atoms with Gasteiger partial charge in [0.1, 0.15) is 0 Å². The first-order valence-corrected chi connectivity index (χ1v) is 8.42. The van der Waals surface area contributed by atoms with Crippen LogP contribution in [0.3, 0.4) is 0 Å². The number of anilines is 4. The van der Waals surface area contributed by atoms with Gasteiger partial charge in [0.15, 0.2) is 0 Å². The van der Waals surface area contributed by atoms with E-state index in [4.69, 9.17) is 27.8 Å². The minimum atomic E-state index is 0.608. The molecule has 0 saturated heterocycles. The summed E-state index contributed by atoms with van der Waals surface area (Å²) in [5.74, 6) is 1.22. The number of nitrogens with zero attached hydrogens (tertiary/aromatic N) is 4. The van der Waals surface area contributed by atoms with Crippen molar-refractivity contribution in [1.29, 1.82) is 0 Å². The third kappa shape index (κ3) is 2.75. The Balaban J connectivity index is 1.76. The van der Waals surface area contributed by atoms with Crippen LogP contribution in [-0.2, 0) is 0 Å². The second-order valence-corrected chi connectivity index (χ2v) is 6.63. The molecule has 0 fully saturated rings. The van der Waals surface area contributed by atoms with Crippen LogP contribution in [0.4, 0.5) is 23.0 Å².